The SMILES string of the molecule is CCC(C)(CNC(=O)c1ccc(Cl)o1)C(=O)O. The number of carboxylic acid groups (broad SMARTS) is 1. The minimum absolute atomic E-state index is 0.0377. The van der Waals surface area contributed by atoms with Crippen LogP contribution in [0.2, 0.25) is 5.22 Å². The maximum Gasteiger partial charge on any atom is 0.311 e. The zero-order valence-electron chi connectivity index (χ0n) is 9.62. The predicted molar refractivity (Wildman–Crippen MR) is 62.1 cm³/mol. The molecule has 0 aliphatic carbocycles. The predicted octanol–water partition coefficient (Wildman–Crippen LogP) is 2.16. The molecule has 1 aromatic rings. The Labute approximate surface area is 104 Å². The summed E-state index contributed by atoms with van der Waals surface area (Å²) in [5, 5.41) is 11.7. The van der Waals surface area contributed by atoms with Gasteiger partial charge in [0.2, 0.25) is 0 Å². The number of hydrogen-bond donors (Lipinski definition) is 2. The monoisotopic (exact) mass is 259 g/mol. The van der Waals surface area contributed by atoms with Crippen molar-refractivity contribution in [1.82, 2.24) is 5.32 Å². The zero-order valence-corrected chi connectivity index (χ0v) is 10.4. The van der Waals surface area contributed by atoms with Crippen molar-refractivity contribution in [2.24, 2.45) is 5.41 Å². The Kier molecular flexibility index (Phi) is 4.17. The maximum absolute atomic E-state index is 11.6. The van der Waals surface area contributed by atoms with Crippen LogP contribution < -0.4 is 5.32 Å². The van der Waals surface area contributed by atoms with Gasteiger partial charge in [0, 0.05) is 6.54 Å². The largest absolute Gasteiger partial charge is 0.481 e. The van der Waals surface area contributed by atoms with E-state index in [2.05, 4.69) is 5.32 Å². The molecule has 0 aliphatic rings. The van der Waals surface area contributed by atoms with Gasteiger partial charge >= 0.3 is 5.97 Å². The smallest absolute Gasteiger partial charge is 0.311 e. The number of amides is 1. The van der Waals surface area contributed by atoms with Crippen LogP contribution in [0.5, 0.6) is 0 Å². The number of aliphatic carboxylic acids is 1. The number of carbonyl (C=O) groups excluding carboxylic acids is 1. The fraction of sp³-hybridized carbons (Fsp3) is 0.455. The highest BCUT2D eigenvalue weighted by atomic mass is 35.5. The number of rotatable bonds is 5. The second-order valence-electron chi connectivity index (χ2n) is 4.01. The van der Waals surface area contributed by atoms with Gasteiger partial charge in [0.15, 0.2) is 11.0 Å². The Morgan fingerprint density at radius 1 is 1.53 bits per heavy atom. The van der Waals surface area contributed by atoms with Crippen molar-refractivity contribution >= 4 is 23.5 Å². The van der Waals surface area contributed by atoms with E-state index in [-0.39, 0.29) is 17.5 Å². The van der Waals surface area contributed by atoms with Crippen LogP contribution in [0.15, 0.2) is 16.5 Å². The molecule has 94 valence electrons. The standard InChI is InChI=1S/C11H14ClNO4/c1-3-11(2,10(15)16)6-13-9(14)7-4-5-8(12)17-7/h4-5H,3,6H2,1-2H3,(H,13,14)(H,15,16). The van der Waals surface area contributed by atoms with Crippen LogP contribution >= 0.6 is 11.6 Å². The molecule has 1 atom stereocenters. The van der Waals surface area contributed by atoms with Crippen LogP contribution in [0.25, 0.3) is 0 Å². The molecule has 1 aromatic heterocycles. The van der Waals surface area contributed by atoms with Gasteiger partial charge in [-0.2, -0.15) is 0 Å². The van der Waals surface area contributed by atoms with E-state index in [1.54, 1.807) is 13.8 Å². The summed E-state index contributed by atoms with van der Waals surface area (Å²) in [6, 6.07) is 2.88. The second-order valence-corrected chi connectivity index (χ2v) is 4.38. The number of halogens is 1. The van der Waals surface area contributed by atoms with Gasteiger partial charge < -0.3 is 14.8 Å². The van der Waals surface area contributed by atoms with E-state index in [1.807, 2.05) is 0 Å². The van der Waals surface area contributed by atoms with E-state index in [4.69, 9.17) is 21.1 Å². The van der Waals surface area contributed by atoms with E-state index in [1.165, 1.54) is 12.1 Å². The molecule has 0 bridgehead atoms. The first-order valence-electron chi connectivity index (χ1n) is 5.16. The first-order valence-corrected chi connectivity index (χ1v) is 5.54. The van der Waals surface area contributed by atoms with E-state index >= 15 is 0 Å². The zero-order chi connectivity index (χ0) is 13.1. The number of hydrogen-bond acceptors (Lipinski definition) is 3. The summed E-state index contributed by atoms with van der Waals surface area (Å²) < 4.78 is 4.91. The van der Waals surface area contributed by atoms with Crippen LogP contribution in [0.4, 0.5) is 0 Å². The number of furan rings is 1. The summed E-state index contributed by atoms with van der Waals surface area (Å²) in [7, 11) is 0. The number of carboxylic acids is 1. The molecule has 1 unspecified atom stereocenters. The van der Waals surface area contributed by atoms with Crippen LogP contribution in [-0.2, 0) is 4.79 Å². The van der Waals surface area contributed by atoms with E-state index in [0.29, 0.717) is 6.42 Å². The van der Waals surface area contributed by atoms with Gasteiger partial charge in [-0.3, -0.25) is 9.59 Å². The molecular formula is C11H14ClNO4. The molecule has 1 heterocycles. The molecular weight excluding hydrogens is 246 g/mol. The Bertz CT molecular complexity index is 429. The first-order chi connectivity index (χ1) is 7.89. The van der Waals surface area contributed by atoms with Crippen molar-refractivity contribution in [3.63, 3.8) is 0 Å². The van der Waals surface area contributed by atoms with Gasteiger partial charge in [-0.25, -0.2) is 0 Å². The lowest BCUT2D eigenvalue weighted by molar-refractivity contribution is -0.147. The van der Waals surface area contributed by atoms with Crippen LogP contribution in [0, 0.1) is 5.41 Å². The minimum Gasteiger partial charge on any atom is -0.481 e. The fourth-order valence-corrected chi connectivity index (χ4v) is 1.30. The first kappa shape index (κ1) is 13.6. The lowest BCUT2D eigenvalue weighted by Gasteiger charge is -2.22. The molecule has 0 fully saturated rings. The van der Waals surface area contributed by atoms with Gasteiger partial charge in [-0.15, -0.1) is 0 Å². The topological polar surface area (TPSA) is 79.5 Å². The Morgan fingerprint density at radius 2 is 2.18 bits per heavy atom. The number of carbonyl (C=O) groups is 2. The summed E-state index contributed by atoms with van der Waals surface area (Å²) in [6.07, 6.45) is 0.418. The third-order valence-corrected chi connectivity index (χ3v) is 2.94. The third-order valence-electron chi connectivity index (χ3n) is 2.73. The molecule has 5 nitrogen and oxygen atoms in total. The molecule has 0 aromatic carbocycles. The lowest BCUT2D eigenvalue weighted by Crippen LogP contribution is -2.40. The van der Waals surface area contributed by atoms with Crippen molar-refractivity contribution in [2.45, 2.75) is 20.3 Å². The van der Waals surface area contributed by atoms with Crippen molar-refractivity contribution in [3.8, 4) is 0 Å². The van der Waals surface area contributed by atoms with Crippen molar-refractivity contribution < 1.29 is 19.1 Å². The molecule has 2 N–H and O–H groups in total. The van der Waals surface area contributed by atoms with Gasteiger partial charge in [0.1, 0.15) is 0 Å². The normalized spacial score (nSPS) is 14.1. The van der Waals surface area contributed by atoms with Gasteiger partial charge in [0.05, 0.1) is 5.41 Å². The van der Waals surface area contributed by atoms with Gasteiger partial charge in [-0.05, 0) is 37.1 Å². The Balaban J connectivity index is 2.62. The Hall–Kier alpha value is -1.49. The average molecular weight is 260 g/mol. The summed E-state index contributed by atoms with van der Waals surface area (Å²) in [4.78, 5) is 22.6. The van der Waals surface area contributed by atoms with E-state index in [9.17, 15) is 9.59 Å². The summed E-state index contributed by atoms with van der Waals surface area (Å²) in [6.45, 7) is 3.37. The molecule has 0 radical (unpaired) electrons. The van der Waals surface area contributed by atoms with Crippen LogP contribution in [0.3, 0.4) is 0 Å². The second kappa shape index (κ2) is 5.23. The van der Waals surface area contributed by atoms with Gasteiger partial charge in [-0.1, -0.05) is 6.92 Å². The maximum atomic E-state index is 11.6. The van der Waals surface area contributed by atoms with Crippen LogP contribution in [-0.4, -0.2) is 23.5 Å². The summed E-state index contributed by atoms with van der Waals surface area (Å²) in [5.41, 5.74) is -0.980. The lowest BCUT2D eigenvalue weighted by atomic mass is 9.88. The molecule has 0 saturated carbocycles. The quantitative estimate of drug-likeness (QED) is 0.849. The van der Waals surface area contributed by atoms with Crippen molar-refractivity contribution in [2.75, 3.05) is 6.54 Å². The van der Waals surface area contributed by atoms with E-state index < -0.39 is 17.3 Å². The molecule has 0 spiro atoms. The third kappa shape index (κ3) is 3.23. The summed E-state index contributed by atoms with van der Waals surface area (Å²) in [5.74, 6) is -1.35. The molecule has 0 saturated heterocycles. The fourth-order valence-electron chi connectivity index (χ4n) is 1.15. The number of nitrogens with one attached hydrogen (secondary N) is 1. The molecule has 0 aliphatic heterocycles. The van der Waals surface area contributed by atoms with E-state index in [0.717, 1.165) is 0 Å². The van der Waals surface area contributed by atoms with Crippen molar-refractivity contribution in [3.05, 3.63) is 23.1 Å². The minimum atomic E-state index is -0.980. The Morgan fingerprint density at radius 3 is 2.59 bits per heavy atom. The molecule has 17 heavy (non-hydrogen) atoms. The molecule has 1 rings (SSSR count). The van der Waals surface area contributed by atoms with Crippen LogP contribution in [0.1, 0.15) is 30.8 Å². The summed E-state index contributed by atoms with van der Waals surface area (Å²) >= 11 is 5.53. The highest BCUT2D eigenvalue weighted by Gasteiger charge is 2.31. The molecule has 1 amide bonds. The highest BCUT2D eigenvalue weighted by molar-refractivity contribution is 6.29. The average Bonchev–Trinajstić information content (AvgIpc) is 2.72. The van der Waals surface area contributed by atoms with Crippen molar-refractivity contribution in [1.29, 1.82) is 0 Å². The highest BCUT2D eigenvalue weighted by Crippen LogP contribution is 2.20. The van der Waals surface area contributed by atoms with Gasteiger partial charge in [0.25, 0.3) is 5.91 Å². The molecule has 6 heteroatoms.